The number of rotatable bonds is 3. The molecule has 2 N–H and O–H groups in total. The van der Waals surface area contributed by atoms with Gasteiger partial charge in [-0.3, -0.25) is 9.89 Å². The standard InChI is InChI=1S/C19H16F2N4O/c20-14-5-1-12(2-6-14)11-16-17(13-3-7-15(21)8-4-13)24-25(18(16)26)19-22-9-10-23-19/h1-8,24H,9-11H2,(H,22,23). The number of nitrogens with one attached hydrogen (secondary N) is 2. The Hall–Kier alpha value is -3.22. The van der Waals surface area contributed by atoms with Crippen molar-refractivity contribution in [1.82, 2.24) is 15.1 Å². The summed E-state index contributed by atoms with van der Waals surface area (Å²) in [7, 11) is 0. The highest BCUT2D eigenvalue weighted by molar-refractivity contribution is 5.83. The zero-order valence-electron chi connectivity index (χ0n) is 13.8. The molecule has 1 aromatic heterocycles. The first kappa shape index (κ1) is 16.3. The fraction of sp³-hybridized carbons (Fsp3) is 0.158. The fourth-order valence-corrected chi connectivity index (χ4v) is 2.98. The van der Waals surface area contributed by atoms with Gasteiger partial charge in [-0.25, -0.2) is 13.8 Å². The van der Waals surface area contributed by atoms with Crippen molar-refractivity contribution in [3.8, 4) is 11.3 Å². The summed E-state index contributed by atoms with van der Waals surface area (Å²) < 4.78 is 27.8. The van der Waals surface area contributed by atoms with E-state index in [-0.39, 0.29) is 17.2 Å². The molecule has 3 aromatic rings. The SMILES string of the molecule is O=c1c(Cc2ccc(F)cc2)c(-c2ccc(F)cc2)[nH]n1C1=NCCN1. The van der Waals surface area contributed by atoms with Gasteiger partial charge in [0.25, 0.3) is 5.56 Å². The predicted octanol–water partition coefficient (Wildman–Crippen LogP) is 2.52. The van der Waals surface area contributed by atoms with Crippen LogP contribution in [0.25, 0.3) is 11.3 Å². The van der Waals surface area contributed by atoms with Crippen molar-refractivity contribution in [2.24, 2.45) is 4.99 Å². The highest BCUT2D eigenvalue weighted by atomic mass is 19.1. The molecule has 1 aliphatic heterocycles. The van der Waals surface area contributed by atoms with Crippen molar-refractivity contribution >= 4 is 5.96 Å². The lowest BCUT2D eigenvalue weighted by Crippen LogP contribution is -2.34. The summed E-state index contributed by atoms with van der Waals surface area (Å²) in [4.78, 5) is 17.2. The topological polar surface area (TPSA) is 62.2 Å². The molecule has 2 heterocycles. The van der Waals surface area contributed by atoms with Gasteiger partial charge in [0.15, 0.2) is 0 Å². The van der Waals surface area contributed by atoms with Crippen LogP contribution in [-0.4, -0.2) is 28.8 Å². The minimum atomic E-state index is -0.350. The molecule has 26 heavy (non-hydrogen) atoms. The van der Waals surface area contributed by atoms with Gasteiger partial charge in [-0.2, -0.15) is 4.68 Å². The molecule has 0 saturated heterocycles. The van der Waals surface area contributed by atoms with Crippen molar-refractivity contribution in [1.29, 1.82) is 0 Å². The summed E-state index contributed by atoms with van der Waals surface area (Å²) >= 11 is 0. The monoisotopic (exact) mass is 354 g/mol. The highest BCUT2D eigenvalue weighted by Crippen LogP contribution is 2.22. The lowest BCUT2D eigenvalue weighted by atomic mass is 10.0. The molecule has 0 radical (unpaired) electrons. The van der Waals surface area contributed by atoms with Gasteiger partial charge in [-0.05, 0) is 42.0 Å². The average molecular weight is 354 g/mol. The Bertz CT molecular complexity index is 1020. The highest BCUT2D eigenvalue weighted by Gasteiger charge is 2.20. The molecule has 5 nitrogen and oxygen atoms in total. The molecule has 7 heteroatoms. The number of aliphatic imine (C=N–C) groups is 1. The van der Waals surface area contributed by atoms with Crippen LogP contribution < -0.4 is 10.9 Å². The first-order valence-electron chi connectivity index (χ1n) is 8.25. The maximum absolute atomic E-state index is 13.3. The number of aromatic amines is 1. The number of hydrogen-bond acceptors (Lipinski definition) is 3. The summed E-state index contributed by atoms with van der Waals surface area (Å²) in [6.45, 7) is 1.26. The quantitative estimate of drug-likeness (QED) is 0.759. The molecule has 0 saturated carbocycles. The van der Waals surface area contributed by atoms with Gasteiger partial charge in [-0.15, -0.1) is 0 Å². The predicted molar refractivity (Wildman–Crippen MR) is 95.4 cm³/mol. The van der Waals surface area contributed by atoms with E-state index in [1.54, 1.807) is 24.3 Å². The third-order valence-corrected chi connectivity index (χ3v) is 4.28. The van der Waals surface area contributed by atoms with Crippen LogP contribution in [0.15, 0.2) is 58.3 Å². The van der Waals surface area contributed by atoms with E-state index in [1.807, 2.05) is 0 Å². The zero-order chi connectivity index (χ0) is 18.1. The molecule has 0 amide bonds. The van der Waals surface area contributed by atoms with E-state index in [2.05, 4.69) is 15.4 Å². The molecule has 0 bridgehead atoms. The summed E-state index contributed by atoms with van der Waals surface area (Å²) in [6.07, 6.45) is 0.322. The van der Waals surface area contributed by atoms with E-state index in [0.717, 1.165) is 5.56 Å². The third-order valence-electron chi connectivity index (χ3n) is 4.28. The Morgan fingerprint density at radius 1 is 1.00 bits per heavy atom. The van der Waals surface area contributed by atoms with E-state index >= 15 is 0 Å². The Kier molecular flexibility index (Phi) is 4.12. The zero-order valence-corrected chi connectivity index (χ0v) is 13.8. The van der Waals surface area contributed by atoms with Crippen molar-refractivity contribution < 1.29 is 8.78 Å². The molecule has 0 spiro atoms. The minimum Gasteiger partial charge on any atom is -0.353 e. The normalized spacial score (nSPS) is 13.5. The first-order chi connectivity index (χ1) is 12.6. The first-order valence-corrected chi connectivity index (χ1v) is 8.25. The van der Waals surface area contributed by atoms with Crippen LogP contribution >= 0.6 is 0 Å². The molecule has 132 valence electrons. The molecule has 0 unspecified atom stereocenters. The molecule has 0 aliphatic carbocycles. The molecule has 1 aliphatic rings. The van der Waals surface area contributed by atoms with Crippen LogP contribution in [0.3, 0.4) is 0 Å². The number of aromatic nitrogens is 2. The molecule has 0 fully saturated rings. The van der Waals surface area contributed by atoms with Crippen molar-refractivity contribution in [2.45, 2.75) is 6.42 Å². The Labute approximate surface area is 148 Å². The van der Waals surface area contributed by atoms with Gasteiger partial charge in [0.2, 0.25) is 5.96 Å². The average Bonchev–Trinajstić information content (AvgIpc) is 3.27. The number of benzene rings is 2. The van der Waals surface area contributed by atoms with Crippen molar-refractivity contribution in [3.63, 3.8) is 0 Å². The lowest BCUT2D eigenvalue weighted by Gasteiger charge is -2.04. The van der Waals surface area contributed by atoms with Gasteiger partial charge in [0, 0.05) is 24.1 Å². The van der Waals surface area contributed by atoms with Gasteiger partial charge < -0.3 is 5.32 Å². The summed E-state index contributed by atoms with van der Waals surface area (Å²) in [5.41, 5.74) is 2.37. The van der Waals surface area contributed by atoms with E-state index in [4.69, 9.17) is 0 Å². The smallest absolute Gasteiger partial charge is 0.277 e. The van der Waals surface area contributed by atoms with Crippen molar-refractivity contribution in [2.75, 3.05) is 13.1 Å². The minimum absolute atomic E-state index is 0.234. The van der Waals surface area contributed by atoms with Gasteiger partial charge in [-0.1, -0.05) is 12.1 Å². The largest absolute Gasteiger partial charge is 0.353 e. The molecule has 2 aromatic carbocycles. The molecule has 4 rings (SSSR count). The summed E-state index contributed by atoms with van der Waals surface area (Å²) in [6, 6.07) is 11.9. The van der Waals surface area contributed by atoms with Gasteiger partial charge in [0.05, 0.1) is 12.2 Å². The Morgan fingerprint density at radius 2 is 1.65 bits per heavy atom. The third kappa shape index (κ3) is 3.03. The fourth-order valence-electron chi connectivity index (χ4n) is 2.98. The molecule has 0 atom stereocenters. The second kappa shape index (κ2) is 6.59. The second-order valence-electron chi connectivity index (χ2n) is 6.05. The van der Waals surface area contributed by atoms with Gasteiger partial charge >= 0.3 is 0 Å². The molecular formula is C19H16F2N4O. The lowest BCUT2D eigenvalue weighted by molar-refractivity contribution is 0.627. The van der Waals surface area contributed by atoms with Crippen LogP contribution in [0, 0.1) is 11.6 Å². The Morgan fingerprint density at radius 3 is 2.27 bits per heavy atom. The summed E-state index contributed by atoms with van der Waals surface area (Å²) in [5.74, 6) is -0.218. The van der Waals surface area contributed by atoms with E-state index in [1.165, 1.54) is 28.9 Å². The van der Waals surface area contributed by atoms with Crippen LogP contribution in [0.5, 0.6) is 0 Å². The maximum atomic E-state index is 13.3. The number of nitrogens with zero attached hydrogens (tertiary/aromatic N) is 2. The molecular weight excluding hydrogens is 338 g/mol. The van der Waals surface area contributed by atoms with Crippen LogP contribution in [0.4, 0.5) is 8.78 Å². The van der Waals surface area contributed by atoms with E-state index < -0.39 is 0 Å². The summed E-state index contributed by atoms with van der Waals surface area (Å²) in [5, 5.41) is 6.13. The van der Waals surface area contributed by atoms with Crippen molar-refractivity contribution in [3.05, 3.63) is 81.6 Å². The number of hydrogen-bond donors (Lipinski definition) is 2. The maximum Gasteiger partial charge on any atom is 0.277 e. The van der Waals surface area contributed by atoms with Crippen LogP contribution in [0.2, 0.25) is 0 Å². The number of halogens is 2. The number of H-pyrrole nitrogens is 1. The van der Waals surface area contributed by atoms with E-state index in [9.17, 15) is 13.6 Å². The van der Waals surface area contributed by atoms with E-state index in [0.29, 0.717) is 42.3 Å². The van der Waals surface area contributed by atoms with Gasteiger partial charge in [0.1, 0.15) is 11.6 Å². The van der Waals surface area contributed by atoms with Crippen LogP contribution in [0.1, 0.15) is 11.1 Å². The van der Waals surface area contributed by atoms with Crippen LogP contribution in [-0.2, 0) is 6.42 Å². The Balaban J connectivity index is 1.82. The second-order valence-corrected chi connectivity index (χ2v) is 6.05.